The van der Waals surface area contributed by atoms with Gasteiger partial charge in [0.2, 0.25) is 0 Å². The summed E-state index contributed by atoms with van der Waals surface area (Å²) < 4.78 is 35.2. The Morgan fingerprint density at radius 1 is 1.21 bits per heavy atom. The van der Waals surface area contributed by atoms with Gasteiger partial charge in [-0.25, -0.2) is 23.7 Å². The number of aromatic amines is 1. The van der Waals surface area contributed by atoms with Gasteiger partial charge in [0.25, 0.3) is 5.56 Å². The molecule has 0 saturated heterocycles. The van der Waals surface area contributed by atoms with E-state index in [1.54, 1.807) is 12.4 Å². The molecule has 0 aliphatic rings. The van der Waals surface area contributed by atoms with Gasteiger partial charge >= 0.3 is 0 Å². The number of aromatic nitrogens is 5. The Balaban J connectivity index is 2.00. The second kappa shape index (κ2) is 7.23. The lowest BCUT2D eigenvalue weighted by atomic mass is 10.1. The van der Waals surface area contributed by atoms with E-state index in [1.807, 2.05) is 4.57 Å². The number of fused-ring (bicyclic) bond motifs is 2. The van der Waals surface area contributed by atoms with Crippen molar-refractivity contribution in [3.63, 3.8) is 0 Å². The molecule has 0 fully saturated rings. The highest BCUT2D eigenvalue weighted by molar-refractivity contribution is 5.85. The summed E-state index contributed by atoms with van der Waals surface area (Å²) in [6.07, 6.45) is 3.77. The molecule has 0 bridgehead atoms. The van der Waals surface area contributed by atoms with Crippen molar-refractivity contribution in [3.8, 4) is 5.75 Å². The van der Waals surface area contributed by atoms with Gasteiger partial charge in [-0.2, -0.15) is 0 Å². The molecule has 4 aromatic rings. The first kappa shape index (κ1) is 19.0. The molecular weight excluding hydrogens is 380 g/mol. The minimum atomic E-state index is -1.11. The largest absolute Gasteiger partial charge is 0.491 e. The van der Waals surface area contributed by atoms with Gasteiger partial charge in [-0.1, -0.05) is 13.8 Å². The summed E-state index contributed by atoms with van der Waals surface area (Å²) >= 11 is 0. The predicted octanol–water partition coefficient (Wildman–Crippen LogP) is 3.20. The summed E-state index contributed by atoms with van der Waals surface area (Å²) in [5, 5.41) is 0.349. The number of rotatable bonds is 5. The predicted molar refractivity (Wildman–Crippen MR) is 104 cm³/mol. The Morgan fingerprint density at radius 3 is 2.69 bits per heavy atom. The van der Waals surface area contributed by atoms with Gasteiger partial charge in [-0.15, -0.1) is 0 Å². The van der Waals surface area contributed by atoms with E-state index < -0.39 is 17.2 Å². The molecule has 1 N–H and O–H groups in total. The van der Waals surface area contributed by atoms with Gasteiger partial charge in [-0.3, -0.25) is 4.79 Å². The van der Waals surface area contributed by atoms with Crippen LogP contribution >= 0.6 is 0 Å². The van der Waals surface area contributed by atoms with Crippen molar-refractivity contribution in [1.29, 1.82) is 0 Å². The van der Waals surface area contributed by atoms with E-state index in [-0.39, 0.29) is 17.8 Å². The third kappa shape index (κ3) is 3.22. The zero-order valence-electron chi connectivity index (χ0n) is 16.2. The molecule has 0 spiro atoms. The second-order valence-corrected chi connectivity index (χ2v) is 7.17. The molecule has 150 valence electrons. The average molecular weight is 399 g/mol. The van der Waals surface area contributed by atoms with Gasteiger partial charge in [0.1, 0.15) is 5.82 Å². The number of imidazole rings is 1. The van der Waals surface area contributed by atoms with Crippen LogP contribution in [0.25, 0.3) is 22.2 Å². The van der Waals surface area contributed by atoms with Crippen LogP contribution in [0, 0.1) is 17.6 Å². The lowest BCUT2D eigenvalue weighted by Gasteiger charge is -2.15. The normalized spacial score (nSPS) is 11.7. The molecule has 0 aliphatic heterocycles. The molecule has 0 unspecified atom stereocenters. The molecule has 29 heavy (non-hydrogen) atoms. The fourth-order valence-electron chi connectivity index (χ4n) is 3.47. The maximum atomic E-state index is 14.3. The van der Waals surface area contributed by atoms with Crippen LogP contribution in [0.1, 0.15) is 25.2 Å². The number of ether oxygens (including phenoxy) is 1. The number of halogens is 2. The van der Waals surface area contributed by atoms with Gasteiger partial charge in [0.05, 0.1) is 19.2 Å². The number of hydrogen-bond acceptors (Lipinski definition) is 5. The Hall–Kier alpha value is -3.36. The van der Waals surface area contributed by atoms with E-state index in [0.29, 0.717) is 34.6 Å². The second-order valence-electron chi connectivity index (χ2n) is 7.17. The van der Waals surface area contributed by atoms with Crippen molar-refractivity contribution in [2.75, 3.05) is 7.11 Å². The molecule has 0 aliphatic carbocycles. The summed E-state index contributed by atoms with van der Waals surface area (Å²) in [7, 11) is 1.36. The number of pyridine rings is 1. The quantitative estimate of drug-likeness (QED) is 0.557. The van der Waals surface area contributed by atoms with Gasteiger partial charge in [0.15, 0.2) is 28.7 Å². The van der Waals surface area contributed by atoms with Crippen molar-refractivity contribution in [1.82, 2.24) is 24.5 Å². The first-order valence-electron chi connectivity index (χ1n) is 9.13. The Bertz CT molecular complexity index is 1280. The third-order valence-electron chi connectivity index (χ3n) is 4.71. The lowest BCUT2D eigenvalue weighted by molar-refractivity contribution is 0.402. The smallest absolute Gasteiger partial charge is 0.291 e. The van der Waals surface area contributed by atoms with Crippen molar-refractivity contribution in [3.05, 3.63) is 57.9 Å². The van der Waals surface area contributed by atoms with E-state index in [2.05, 4.69) is 33.8 Å². The summed E-state index contributed by atoms with van der Waals surface area (Å²) in [5.41, 5.74) is 0.599. The lowest BCUT2D eigenvalue weighted by Crippen LogP contribution is -2.17. The molecule has 4 rings (SSSR count). The standard InChI is InChI=1S/C20H19F2N5O2/c1-10(2)8-14-25-18-19(24-7-6-23-18)27(14)9-12-11-4-5-13(21)15(22)16(11)26-20(28)17(12)29-3/h4-7,10H,8-9H2,1-3H3,(H,26,28). The van der Waals surface area contributed by atoms with Crippen molar-refractivity contribution in [2.24, 2.45) is 5.92 Å². The van der Waals surface area contributed by atoms with Crippen molar-refractivity contribution >= 4 is 22.2 Å². The molecular formula is C20H19F2N5O2. The molecule has 0 amide bonds. The molecule has 0 saturated carbocycles. The fourth-order valence-corrected chi connectivity index (χ4v) is 3.47. The zero-order chi connectivity index (χ0) is 20.7. The Kier molecular flexibility index (Phi) is 4.73. The summed E-state index contributed by atoms with van der Waals surface area (Å²) in [4.78, 5) is 28.1. The van der Waals surface area contributed by atoms with Crippen LogP contribution in [0.3, 0.4) is 0 Å². The van der Waals surface area contributed by atoms with Crippen LogP contribution in [-0.2, 0) is 13.0 Å². The van der Waals surface area contributed by atoms with Crippen LogP contribution in [0.5, 0.6) is 5.75 Å². The first-order valence-corrected chi connectivity index (χ1v) is 9.13. The summed E-state index contributed by atoms with van der Waals surface area (Å²) in [6.45, 7) is 4.27. The number of methoxy groups -OCH3 is 1. The van der Waals surface area contributed by atoms with Crippen LogP contribution in [0.2, 0.25) is 0 Å². The van der Waals surface area contributed by atoms with Gasteiger partial charge < -0.3 is 14.3 Å². The minimum absolute atomic E-state index is 0.0322. The molecule has 3 aromatic heterocycles. The SMILES string of the molecule is COc1c(Cn2c(CC(C)C)nc3nccnc32)c2ccc(F)c(F)c2[nH]c1=O. The highest BCUT2D eigenvalue weighted by Crippen LogP contribution is 2.28. The van der Waals surface area contributed by atoms with E-state index in [1.165, 1.54) is 13.2 Å². The monoisotopic (exact) mass is 399 g/mol. The van der Waals surface area contributed by atoms with Gasteiger partial charge in [0, 0.05) is 29.8 Å². The topological polar surface area (TPSA) is 85.7 Å². The van der Waals surface area contributed by atoms with Crippen LogP contribution in [0.15, 0.2) is 29.3 Å². The fraction of sp³-hybridized carbons (Fsp3) is 0.300. The summed E-state index contributed by atoms with van der Waals surface area (Å²) in [5.74, 6) is -1.07. The Labute approximate surface area is 164 Å². The number of benzene rings is 1. The molecule has 1 aromatic carbocycles. The van der Waals surface area contributed by atoms with Crippen LogP contribution in [0.4, 0.5) is 8.78 Å². The molecule has 0 radical (unpaired) electrons. The van der Waals surface area contributed by atoms with Crippen molar-refractivity contribution < 1.29 is 13.5 Å². The van der Waals surface area contributed by atoms with Crippen LogP contribution in [-0.4, -0.2) is 31.6 Å². The number of H-pyrrole nitrogens is 1. The highest BCUT2D eigenvalue weighted by Gasteiger charge is 2.21. The molecule has 3 heterocycles. The van der Waals surface area contributed by atoms with Crippen molar-refractivity contribution in [2.45, 2.75) is 26.8 Å². The van der Waals surface area contributed by atoms with E-state index in [4.69, 9.17) is 4.74 Å². The number of nitrogens with zero attached hydrogens (tertiary/aromatic N) is 4. The minimum Gasteiger partial charge on any atom is -0.491 e. The molecule has 9 heteroatoms. The Morgan fingerprint density at radius 2 is 1.97 bits per heavy atom. The van der Waals surface area contributed by atoms with E-state index >= 15 is 0 Å². The summed E-state index contributed by atoms with van der Waals surface area (Å²) in [6, 6.07) is 2.45. The number of hydrogen-bond donors (Lipinski definition) is 1. The van der Waals surface area contributed by atoms with E-state index in [9.17, 15) is 13.6 Å². The zero-order valence-corrected chi connectivity index (χ0v) is 16.2. The maximum Gasteiger partial charge on any atom is 0.291 e. The molecule has 0 atom stereocenters. The average Bonchev–Trinajstić information content (AvgIpc) is 3.02. The van der Waals surface area contributed by atoms with E-state index in [0.717, 1.165) is 11.9 Å². The molecule has 7 nitrogen and oxygen atoms in total. The highest BCUT2D eigenvalue weighted by atomic mass is 19.2. The van der Waals surface area contributed by atoms with Crippen LogP contribution < -0.4 is 10.3 Å². The first-order chi connectivity index (χ1) is 13.9. The number of nitrogens with one attached hydrogen (secondary N) is 1. The maximum absolute atomic E-state index is 14.3. The third-order valence-corrected chi connectivity index (χ3v) is 4.71. The van der Waals surface area contributed by atoms with Gasteiger partial charge in [-0.05, 0) is 18.1 Å².